The first-order chi connectivity index (χ1) is 7.79. The Bertz CT molecular complexity index is 329. The highest BCUT2D eigenvalue weighted by molar-refractivity contribution is 7.90. The number of nitrogens with one attached hydrogen (secondary N) is 1. The first kappa shape index (κ1) is 14.9. The summed E-state index contributed by atoms with van der Waals surface area (Å²) in [6, 6.07) is 1.14. The zero-order chi connectivity index (χ0) is 13.1. The quantitative estimate of drug-likeness (QED) is 0.743. The number of hydrogen-bond acceptors (Lipinski definition) is 4. The highest BCUT2D eigenvalue weighted by Crippen LogP contribution is 2.20. The van der Waals surface area contributed by atoms with Crippen LogP contribution in [-0.2, 0) is 9.84 Å². The van der Waals surface area contributed by atoms with Crippen LogP contribution in [0.5, 0.6) is 0 Å². The lowest BCUT2D eigenvalue weighted by Crippen LogP contribution is -2.51. The molecule has 0 aromatic carbocycles. The molecule has 0 aromatic rings. The van der Waals surface area contributed by atoms with Crippen LogP contribution >= 0.6 is 0 Å². The number of sulfone groups is 1. The predicted octanol–water partition coefficient (Wildman–Crippen LogP) is 0.739. The Balaban J connectivity index is 2.27. The summed E-state index contributed by atoms with van der Waals surface area (Å²) in [5, 5.41) is 3.50. The van der Waals surface area contributed by atoms with Gasteiger partial charge in [-0.25, -0.2) is 8.42 Å². The molecule has 0 saturated carbocycles. The highest BCUT2D eigenvalue weighted by atomic mass is 32.2. The summed E-state index contributed by atoms with van der Waals surface area (Å²) in [6.45, 7) is 6.43. The summed E-state index contributed by atoms with van der Waals surface area (Å²) in [4.78, 5) is 2.39. The van der Waals surface area contributed by atoms with Crippen LogP contribution in [-0.4, -0.2) is 57.5 Å². The lowest BCUT2D eigenvalue weighted by Gasteiger charge is -2.40. The van der Waals surface area contributed by atoms with E-state index in [1.807, 2.05) is 0 Å². The molecule has 0 amide bonds. The van der Waals surface area contributed by atoms with Crippen molar-refractivity contribution in [2.75, 3.05) is 32.1 Å². The van der Waals surface area contributed by atoms with Gasteiger partial charge in [0.15, 0.2) is 0 Å². The number of likely N-dealkylation sites (tertiary alicyclic amines) is 1. The second-order valence-corrected chi connectivity index (χ2v) is 7.81. The molecule has 17 heavy (non-hydrogen) atoms. The van der Waals surface area contributed by atoms with E-state index in [9.17, 15) is 8.42 Å². The summed E-state index contributed by atoms with van der Waals surface area (Å²) in [5.41, 5.74) is 0. The average Bonchev–Trinajstić information content (AvgIpc) is 2.18. The maximum atomic E-state index is 11.0. The number of nitrogens with zero attached hydrogens (tertiary/aromatic N) is 1. The molecule has 4 nitrogen and oxygen atoms in total. The summed E-state index contributed by atoms with van der Waals surface area (Å²) in [7, 11) is -0.641. The van der Waals surface area contributed by atoms with E-state index < -0.39 is 9.84 Å². The topological polar surface area (TPSA) is 49.4 Å². The van der Waals surface area contributed by atoms with Gasteiger partial charge in [-0.15, -0.1) is 0 Å². The van der Waals surface area contributed by atoms with Crippen molar-refractivity contribution in [1.29, 1.82) is 0 Å². The normalized spacial score (nSPS) is 31.6. The lowest BCUT2D eigenvalue weighted by molar-refractivity contribution is 0.122. The van der Waals surface area contributed by atoms with Crippen molar-refractivity contribution < 1.29 is 8.42 Å². The Kier molecular flexibility index (Phi) is 5.41. The van der Waals surface area contributed by atoms with Crippen molar-refractivity contribution in [3.05, 3.63) is 0 Å². The van der Waals surface area contributed by atoms with E-state index >= 15 is 0 Å². The van der Waals surface area contributed by atoms with Crippen LogP contribution in [0.3, 0.4) is 0 Å². The second kappa shape index (κ2) is 6.16. The summed E-state index contributed by atoms with van der Waals surface area (Å²) >= 11 is 0. The molecule has 5 heteroatoms. The Morgan fingerprint density at radius 1 is 1.35 bits per heavy atom. The minimum atomic E-state index is -2.81. The van der Waals surface area contributed by atoms with E-state index in [0.717, 1.165) is 19.5 Å². The second-order valence-electron chi connectivity index (χ2n) is 5.55. The summed E-state index contributed by atoms with van der Waals surface area (Å²) < 4.78 is 22.0. The van der Waals surface area contributed by atoms with Gasteiger partial charge in [-0.2, -0.15) is 0 Å². The molecule has 3 atom stereocenters. The molecule has 1 aliphatic rings. The number of piperidine rings is 1. The SMILES string of the molecule is CC1CN(C)C(C)CC1NCCCS(C)(=O)=O. The Morgan fingerprint density at radius 2 is 2.00 bits per heavy atom. The monoisotopic (exact) mass is 262 g/mol. The lowest BCUT2D eigenvalue weighted by atomic mass is 9.90. The van der Waals surface area contributed by atoms with Gasteiger partial charge in [0.2, 0.25) is 0 Å². The van der Waals surface area contributed by atoms with Gasteiger partial charge >= 0.3 is 0 Å². The maximum absolute atomic E-state index is 11.0. The van der Waals surface area contributed by atoms with Gasteiger partial charge in [0.25, 0.3) is 0 Å². The van der Waals surface area contributed by atoms with Crippen molar-refractivity contribution in [2.24, 2.45) is 5.92 Å². The van der Waals surface area contributed by atoms with E-state index in [2.05, 4.69) is 31.1 Å². The highest BCUT2D eigenvalue weighted by Gasteiger charge is 2.28. The van der Waals surface area contributed by atoms with E-state index in [1.165, 1.54) is 6.26 Å². The Labute approximate surface area is 106 Å². The zero-order valence-corrected chi connectivity index (χ0v) is 12.3. The molecule has 1 N–H and O–H groups in total. The first-order valence-electron chi connectivity index (χ1n) is 6.41. The Morgan fingerprint density at radius 3 is 2.59 bits per heavy atom. The zero-order valence-electron chi connectivity index (χ0n) is 11.4. The fourth-order valence-corrected chi connectivity index (χ4v) is 3.12. The van der Waals surface area contributed by atoms with Gasteiger partial charge in [0.05, 0.1) is 5.75 Å². The molecular formula is C12H26N2O2S. The van der Waals surface area contributed by atoms with Gasteiger partial charge in [-0.1, -0.05) is 6.92 Å². The molecule has 1 heterocycles. The molecule has 1 aliphatic heterocycles. The fraction of sp³-hybridized carbons (Fsp3) is 1.00. The van der Waals surface area contributed by atoms with Gasteiger partial charge in [-0.05, 0) is 39.3 Å². The van der Waals surface area contributed by atoms with E-state index in [0.29, 0.717) is 24.4 Å². The largest absolute Gasteiger partial charge is 0.314 e. The van der Waals surface area contributed by atoms with Crippen molar-refractivity contribution in [3.8, 4) is 0 Å². The van der Waals surface area contributed by atoms with Crippen LogP contribution in [0.4, 0.5) is 0 Å². The fourth-order valence-electron chi connectivity index (χ4n) is 2.45. The summed E-state index contributed by atoms with van der Waals surface area (Å²) in [6.07, 6.45) is 3.16. The van der Waals surface area contributed by atoms with Crippen LogP contribution < -0.4 is 5.32 Å². The van der Waals surface area contributed by atoms with Crippen molar-refractivity contribution in [1.82, 2.24) is 10.2 Å². The molecule has 102 valence electrons. The number of rotatable bonds is 5. The van der Waals surface area contributed by atoms with E-state index in [4.69, 9.17) is 0 Å². The van der Waals surface area contributed by atoms with Gasteiger partial charge in [0.1, 0.15) is 9.84 Å². The maximum Gasteiger partial charge on any atom is 0.147 e. The molecule has 0 aliphatic carbocycles. The standard InChI is InChI=1S/C12H26N2O2S/c1-10-9-14(3)11(2)8-12(10)13-6-5-7-17(4,15)16/h10-13H,5-9H2,1-4H3. The number of hydrogen-bond donors (Lipinski definition) is 1. The van der Waals surface area contributed by atoms with Gasteiger partial charge < -0.3 is 10.2 Å². The predicted molar refractivity (Wildman–Crippen MR) is 72.0 cm³/mol. The molecule has 0 bridgehead atoms. The van der Waals surface area contributed by atoms with Crippen LogP contribution in [0, 0.1) is 5.92 Å². The Hall–Kier alpha value is -0.130. The van der Waals surface area contributed by atoms with Crippen molar-refractivity contribution in [3.63, 3.8) is 0 Å². The average molecular weight is 262 g/mol. The third kappa shape index (κ3) is 5.36. The van der Waals surface area contributed by atoms with Crippen LogP contribution in [0.25, 0.3) is 0 Å². The molecular weight excluding hydrogens is 236 g/mol. The third-order valence-corrected chi connectivity index (χ3v) is 4.74. The third-order valence-electron chi connectivity index (χ3n) is 3.71. The molecule has 0 radical (unpaired) electrons. The van der Waals surface area contributed by atoms with Gasteiger partial charge in [0, 0.05) is 24.9 Å². The van der Waals surface area contributed by atoms with Crippen molar-refractivity contribution >= 4 is 9.84 Å². The summed E-state index contributed by atoms with van der Waals surface area (Å²) in [5.74, 6) is 0.922. The van der Waals surface area contributed by atoms with Crippen LogP contribution in [0.15, 0.2) is 0 Å². The molecule has 1 saturated heterocycles. The van der Waals surface area contributed by atoms with Crippen molar-refractivity contribution in [2.45, 2.75) is 38.8 Å². The van der Waals surface area contributed by atoms with Crippen LogP contribution in [0.2, 0.25) is 0 Å². The minimum Gasteiger partial charge on any atom is -0.314 e. The van der Waals surface area contributed by atoms with E-state index in [-0.39, 0.29) is 5.75 Å². The molecule has 1 fully saturated rings. The van der Waals surface area contributed by atoms with Gasteiger partial charge in [-0.3, -0.25) is 0 Å². The molecule has 1 rings (SSSR count). The molecule has 0 spiro atoms. The van der Waals surface area contributed by atoms with Crippen LogP contribution in [0.1, 0.15) is 26.7 Å². The first-order valence-corrected chi connectivity index (χ1v) is 8.47. The smallest absolute Gasteiger partial charge is 0.147 e. The van der Waals surface area contributed by atoms with E-state index in [1.54, 1.807) is 0 Å². The molecule has 3 unspecified atom stereocenters. The minimum absolute atomic E-state index is 0.288. The molecule has 0 aromatic heterocycles.